The summed E-state index contributed by atoms with van der Waals surface area (Å²) in [5.41, 5.74) is 1.08. The van der Waals surface area contributed by atoms with E-state index in [0.717, 1.165) is 31.0 Å². The minimum atomic E-state index is 0.258. The molecular formula is C10H15N3OS. The molecule has 0 bridgehead atoms. The molecule has 1 aliphatic rings. The number of nitrogens with zero attached hydrogens (tertiary/aromatic N) is 2. The van der Waals surface area contributed by atoms with E-state index in [2.05, 4.69) is 22.8 Å². The Hall–Kier alpha value is -0.970. The van der Waals surface area contributed by atoms with E-state index in [9.17, 15) is 4.79 Å². The first-order valence-electron chi connectivity index (χ1n) is 5.16. The number of aromatic nitrogens is 2. The van der Waals surface area contributed by atoms with E-state index in [-0.39, 0.29) is 5.91 Å². The summed E-state index contributed by atoms with van der Waals surface area (Å²) >= 11 is 4.23. The van der Waals surface area contributed by atoms with Crippen molar-refractivity contribution in [3.8, 4) is 0 Å². The molecule has 1 amide bonds. The molecule has 0 aliphatic carbocycles. The van der Waals surface area contributed by atoms with Gasteiger partial charge >= 0.3 is 0 Å². The predicted octanol–water partition coefficient (Wildman–Crippen LogP) is 0.730. The van der Waals surface area contributed by atoms with Gasteiger partial charge in [-0.15, -0.1) is 0 Å². The molecule has 0 saturated carbocycles. The maximum Gasteiger partial charge on any atom is 0.222 e. The molecule has 1 aromatic rings. The van der Waals surface area contributed by atoms with Gasteiger partial charge in [0.1, 0.15) is 0 Å². The Morgan fingerprint density at radius 2 is 2.53 bits per heavy atom. The maximum atomic E-state index is 11.6. The number of likely N-dealkylation sites (tertiary alicyclic amines) is 1. The van der Waals surface area contributed by atoms with Gasteiger partial charge < -0.3 is 4.90 Å². The summed E-state index contributed by atoms with van der Waals surface area (Å²) < 4.78 is 0. The van der Waals surface area contributed by atoms with Crippen LogP contribution in [-0.2, 0) is 11.2 Å². The fourth-order valence-corrected chi connectivity index (χ4v) is 2.12. The van der Waals surface area contributed by atoms with Crippen molar-refractivity contribution in [2.45, 2.75) is 12.8 Å². The summed E-state index contributed by atoms with van der Waals surface area (Å²) in [4.78, 5) is 13.5. The van der Waals surface area contributed by atoms with E-state index in [4.69, 9.17) is 0 Å². The summed E-state index contributed by atoms with van der Waals surface area (Å²) in [5, 5.41) is 6.77. The van der Waals surface area contributed by atoms with Crippen molar-refractivity contribution in [3.63, 3.8) is 0 Å². The molecule has 2 heterocycles. The van der Waals surface area contributed by atoms with Gasteiger partial charge in [0, 0.05) is 37.8 Å². The minimum absolute atomic E-state index is 0.258. The van der Waals surface area contributed by atoms with Crippen molar-refractivity contribution >= 4 is 18.5 Å². The lowest BCUT2D eigenvalue weighted by molar-refractivity contribution is -0.127. The number of rotatable bonds is 4. The fraction of sp³-hybridized carbons (Fsp3) is 0.600. The fourth-order valence-electron chi connectivity index (χ4n) is 1.87. The van der Waals surface area contributed by atoms with E-state index >= 15 is 0 Å². The summed E-state index contributed by atoms with van der Waals surface area (Å²) in [6, 6.07) is 1.94. The van der Waals surface area contributed by atoms with Gasteiger partial charge in [-0.1, -0.05) is 0 Å². The summed E-state index contributed by atoms with van der Waals surface area (Å²) in [6.07, 6.45) is 3.25. The first-order chi connectivity index (χ1) is 7.29. The molecule has 0 aromatic carbocycles. The van der Waals surface area contributed by atoms with Gasteiger partial charge in [-0.2, -0.15) is 17.7 Å². The van der Waals surface area contributed by atoms with Crippen LogP contribution in [0.15, 0.2) is 12.3 Å². The largest absolute Gasteiger partial charge is 0.342 e. The molecule has 2 rings (SSSR count). The zero-order valence-electron chi connectivity index (χ0n) is 8.52. The zero-order chi connectivity index (χ0) is 10.7. The first kappa shape index (κ1) is 10.5. The van der Waals surface area contributed by atoms with Crippen LogP contribution in [0.5, 0.6) is 0 Å². The number of amides is 1. The number of hydrogen-bond donors (Lipinski definition) is 2. The second kappa shape index (κ2) is 4.70. The Morgan fingerprint density at radius 3 is 3.13 bits per heavy atom. The first-order valence-corrected chi connectivity index (χ1v) is 5.79. The van der Waals surface area contributed by atoms with Crippen LogP contribution in [0, 0.1) is 5.92 Å². The molecule has 0 radical (unpaired) electrons. The van der Waals surface area contributed by atoms with Crippen molar-refractivity contribution in [2.75, 3.05) is 18.8 Å². The third-order valence-corrected chi connectivity index (χ3v) is 3.28. The van der Waals surface area contributed by atoms with Crippen LogP contribution in [0.1, 0.15) is 12.1 Å². The van der Waals surface area contributed by atoms with Crippen molar-refractivity contribution < 1.29 is 4.79 Å². The third kappa shape index (κ3) is 2.53. The van der Waals surface area contributed by atoms with E-state index in [1.165, 1.54) is 0 Å². The number of H-pyrrole nitrogens is 1. The van der Waals surface area contributed by atoms with Gasteiger partial charge in [-0.25, -0.2) is 0 Å². The molecule has 1 unspecified atom stereocenters. The van der Waals surface area contributed by atoms with Crippen LogP contribution in [0.4, 0.5) is 0 Å². The Labute approximate surface area is 94.5 Å². The number of aromatic amines is 1. The van der Waals surface area contributed by atoms with E-state index in [0.29, 0.717) is 12.3 Å². The van der Waals surface area contributed by atoms with E-state index in [1.807, 2.05) is 11.0 Å². The number of carbonyl (C=O) groups is 1. The van der Waals surface area contributed by atoms with E-state index in [1.54, 1.807) is 6.20 Å². The van der Waals surface area contributed by atoms with Crippen molar-refractivity contribution in [1.82, 2.24) is 15.1 Å². The van der Waals surface area contributed by atoms with Crippen LogP contribution in [0.2, 0.25) is 0 Å². The maximum absolute atomic E-state index is 11.6. The molecule has 4 nitrogen and oxygen atoms in total. The monoisotopic (exact) mass is 225 g/mol. The Balaban J connectivity index is 1.83. The molecule has 1 aromatic heterocycles. The molecule has 1 saturated heterocycles. The average Bonchev–Trinajstić information content (AvgIpc) is 2.84. The van der Waals surface area contributed by atoms with Crippen LogP contribution in [0.25, 0.3) is 0 Å². The van der Waals surface area contributed by atoms with Gasteiger partial charge in [0.05, 0.1) is 0 Å². The van der Waals surface area contributed by atoms with Crippen LogP contribution >= 0.6 is 12.6 Å². The Kier molecular flexibility index (Phi) is 3.30. The molecule has 1 aliphatic heterocycles. The Morgan fingerprint density at radius 1 is 1.67 bits per heavy atom. The minimum Gasteiger partial charge on any atom is -0.342 e. The van der Waals surface area contributed by atoms with Crippen LogP contribution in [-0.4, -0.2) is 39.8 Å². The molecule has 1 fully saturated rings. The highest BCUT2D eigenvalue weighted by Gasteiger charge is 2.27. The number of carbonyl (C=O) groups excluding carboxylic acids is 1. The summed E-state index contributed by atoms with van der Waals surface area (Å²) in [6.45, 7) is 1.64. The highest BCUT2D eigenvalue weighted by Crippen LogP contribution is 2.18. The smallest absolute Gasteiger partial charge is 0.222 e. The molecule has 82 valence electrons. The van der Waals surface area contributed by atoms with Crippen LogP contribution in [0.3, 0.4) is 0 Å². The second-order valence-electron chi connectivity index (χ2n) is 3.92. The topological polar surface area (TPSA) is 49.0 Å². The lowest BCUT2D eigenvalue weighted by atomic mass is 10.1. The van der Waals surface area contributed by atoms with Gasteiger partial charge in [0.2, 0.25) is 5.91 Å². The van der Waals surface area contributed by atoms with Crippen molar-refractivity contribution in [1.29, 1.82) is 0 Å². The van der Waals surface area contributed by atoms with Crippen molar-refractivity contribution in [2.24, 2.45) is 5.92 Å². The van der Waals surface area contributed by atoms with Crippen molar-refractivity contribution in [3.05, 3.63) is 18.0 Å². The molecule has 1 N–H and O–H groups in total. The Bertz CT molecular complexity index is 325. The number of nitrogens with one attached hydrogen (secondary N) is 1. The second-order valence-corrected chi connectivity index (χ2v) is 4.29. The predicted molar refractivity (Wildman–Crippen MR) is 60.8 cm³/mol. The molecule has 5 heteroatoms. The molecule has 1 atom stereocenters. The molecule has 0 spiro atoms. The van der Waals surface area contributed by atoms with Gasteiger partial charge in [-0.3, -0.25) is 9.89 Å². The van der Waals surface area contributed by atoms with Crippen LogP contribution < -0.4 is 0 Å². The highest BCUT2D eigenvalue weighted by atomic mass is 32.1. The lowest BCUT2D eigenvalue weighted by Crippen LogP contribution is -2.27. The lowest BCUT2D eigenvalue weighted by Gasteiger charge is -2.15. The van der Waals surface area contributed by atoms with Gasteiger partial charge in [0.25, 0.3) is 0 Å². The quantitative estimate of drug-likeness (QED) is 0.742. The summed E-state index contributed by atoms with van der Waals surface area (Å²) in [7, 11) is 0. The van der Waals surface area contributed by atoms with Gasteiger partial charge in [-0.05, 0) is 17.7 Å². The SMILES string of the molecule is O=C1CC(CS)CN1CCc1ccn[nH]1. The standard InChI is InChI=1S/C10H15N3OS/c14-10-5-8(7-15)6-13(10)4-2-9-1-3-11-12-9/h1,3,8,15H,2,4-7H2,(H,11,12). The summed E-state index contributed by atoms with van der Waals surface area (Å²) in [5.74, 6) is 1.49. The zero-order valence-corrected chi connectivity index (χ0v) is 9.41. The highest BCUT2D eigenvalue weighted by molar-refractivity contribution is 7.80. The number of thiol groups is 1. The third-order valence-electron chi connectivity index (χ3n) is 2.76. The average molecular weight is 225 g/mol. The van der Waals surface area contributed by atoms with Gasteiger partial charge in [0.15, 0.2) is 0 Å². The molecular weight excluding hydrogens is 210 g/mol. The number of hydrogen-bond acceptors (Lipinski definition) is 3. The van der Waals surface area contributed by atoms with E-state index < -0.39 is 0 Å². The normalized spacial score (nSPS) is 21.3. The molecule has 15 heavy (non-hydrogen) atoms.